The predicted molar refractivity (Wildman–Crippen MR) is 86.0 cm³/mol. The Bertz CT molecular complexity index is 674. The van der Waals surface area contributed by atoms with Crippen molar-refractivity contribution in [2.75, 3.05) is 25.0 Å². The zero-order valence-corrected chi connectivity index (χ0v) is 12.9. The molecule has 2 bridgehead atoms. The van der Waals surface area contributed by atoms with Crippen LogP contribution < -0.4 is 4.90 Å². The number of fused-ring (bicyclic) bond motifs is 3. The largest absolute Gasteiger partial charge is 0.353 e. The van der Waals surface area contributed by atoms with E-state index in [9.17, 15) is 0 Å². The predicted octanol–water partition coefficient (Wildman–Crippen LogP) is 2.96. The van der Waals surface area contributed by atoms with Gasteiger partial charge in [0.15, 0.2) is 11.0 Å². The lowest BCUT2D eigenvalue weighted by atomic mass is 10.1. The van der Waals surface area contributed by atoms with E-state index in [0.717, 1.165) is 35.7 Å². The van der Waals surface area contributed by atoms with E-state index in [1.54, 1.807) is 0 Å². The molecule has 2 aromatic rings. The zero-order valence-electron chi connectivity index (χ0n) is 12.2. The maximum absolute atomic E-state index is 6.19. The van der Waals surface area contributed by atoms with Crippen LogP contribution >= 0.6 is 11.6 Å². The van der Waals surface area contributed by atoms with E-state index >= 15 is 0 Å². The summed E-state index contributed by atoms with van der Waals surface area (Å²) in [7, 11) is 2.26. The van der Waals surface area contributed by atoms with Crippen LogP contribution in [0, 0.1) is 0 Å². The first-order valence-electron chi connectivity index (χ1n) is 7.62. The number of hydrogen-bond acceptors (Lipinski definition) is 4. The number of likely N-dealkylation sites (N-methyl/N-ethyl adjacent to an activating group) is 1. The van der Waals surface area contributed by atoms with Crippen molar-refractivity contribution in [3.05, 3.63) is 29.4 Å². The molecule has 0 N–H and O–H groups in total. The molecule has 2 aliphatic heterocycles. The van der Waals surface area contributed by atoms with Gasteiger partial charge in [0.25, 0.3) is 0 Å². The fourth-order valence-corrected chi connectivity index (χ4v) is 3.99. The molecule has 2 fully saturated rings. The van der Waals surface area contributed by atoms with Crippen LogP contribution in [0.3, 0.4) is 0 Å². The Labute approximate surface area is 129 Å². The van der Waals surface area contributed by atoms with E-state index in [-0.39, 0.29) is 0 Å². The highest BCUT2D eigenvalue weighted by molar-refractivity contribution is 6.34. The maximum Gasteiger partial charge on any atom is 0.159 e. The van der Waals surface area contributed by atoms with Crippen LogP contribution in [0.1, 0.15) is 19.3 Å². The second-order valence-electron chi connectivity index (χ2n) is 6.15. The summed E-state index contributed by atoms with van der Waals surface area (Å²) in [5.74, 6) is 0.982. The second kappa shape index (κ2) is 5.11. The molecule has 0 saturated carbocycles. The van der Waals surface area contributed by atoms with Crippen LogP contribution in [0.2, 0.25) is 5.15 Å². The highest BCUT2D eigenvalue weighted by atomic mass is 35.5. The van der Waals surface area contributed by atoms with Crippen molar-refractivity contribution in [3.8, 4) is 0 Å². The van der Waals surface area contributed by atoms with Crippen LogP contribution in [-0.4, -0.2) is 47.3 Å². The fourth-order valence-electron chi connectivity index (χ4n) is 3.79. The average Bonchev–Trinajstić information content (AvgIpc) is 2.74. The van der Waals surface area contributed by atoms with Crippen molar-refractivity contribution in [2.45, 2.75) is 31.3 Å². The van der Waals surface area contributed by atoms with E-state index in [1.807, 2.05) is 18.2 Å². The summed E-state index contributed by atoms with van der Waals surface area (Å²) in [5, 5.41) is 11.2. The van der Waals surface area contributed by atoms with Gasteiger partial charge in [-0.25, -0.2) is 0 Å². The number of nitrogens with zero attached hydrogens (tertiary/aromatic N) is 4. The maximum atomic E-state index is 6.19. The molecule has 0 amide bonds. The van der Waals surface area contributed by atoms with E-state index in [2.05, 4.69) is 33.1 Å². The third kappa shape index (κ3) is 2.17. The first-order chi connectivity index (χ1) is 10.2. The van der Waals surface area contributed by atoms with Crippen molar-refractivity contribution in [3.63, 3.8) is 0 Å². The molecule has 0 radical (unpaired) electrons. The van der Waals surface area contributed by atoms with E-state index in [4.69, 9.17) is 11.6 Å². The van der Waals surface area contributed by atoms with Gasteiger partial charge in [0.2, 0.25) is 0 Å². The van der Waals surface area contributed by atoms with E-state index in [0.29, 0.717) is 11.2 Å². The summed E-state index contributed by atoms with van der Waals surface area (Å²) in [6.07, 6.45) is 3.82. The summed E-state index contributed by atoms with van der Waals surface area (Å²) in [4.78, 5) is 4.94. The SMILES string of the molecule is CN1C2CCC1CN(c1nnc(Cl)c3ccccc13)CC2. The lowest BCUT2D eigenvalue weighted by molar-refractivity contribution is 0.254. The number of rotatable bonds is 1. The Kier molecular flexibility index (Phi) is 3.23. The van der Waals surface area contributed by atoms with Gasteiger partial charge in [-0.05, 0) is 26.3 Å². The van der Waals surface area contributed by atoms with Crippen molar-refractivity contribution >= 4 is 28.2 Å². The van der Waals surface area contributed by atoms with Gasteiger partial charge in [-0.3, -0.25) is 4.90 Å². The van der Waals surface area contributed by atoms with Crippen molar-refractivity contribution in [1.29, 1.82) is 0 Å². The minimum atomic E-state index is 0.489. The smallest absolute Gasteiger partial charge is 0.159 e. The highest BCUT2D eigenvalue weighted by Gasteiger charge is 2.35. The van der Waals surface area contributed by atoms with Crippen LogP contribution in [0.25, 0.3) is 10.8 Å². The molecule has 2 atom stereocenters. The third-order valence-corrected chi connectivity index (χ3v) is 5.35. The summed E-state index contributed by atoms with van der Waals surface area (Å²) >= 11 is 6.19. The molecule has 2 unspecified atom stereocenters. The molecular weight excluding hydrogens is 284 g/mol. The molecule has 3 heterocycles. The van der Waals surface area contributed by atoms with Gasteiger partial charge in [0.1, 0.15) is 0 Å². The third-order valence-electron chi connectivity index (χ3n) is 5.07. The van der Waals surface area contributed by atoms with Gasteiger partial charge in [-0.1, -0.05) is 35.9 Å². The highest BCUT2D eigenvalue weighted by Crippen LogP contribution is 2.33. The van der Waals surface area contributed by atoms with Crippen LogP contribution in [0.15, 0.2) is 24.3 Å². The van der Waals surface area contributed by atoms with Crippen LogP contribution in [0.4, 0.5) is 5.82 Å². The summed E-state index contributed by atoms with van der Waals surface area (Å²) in [6.45, 7) is 2.08. The normalized spacial score (nSPS) is 26.3. The summed E-state index contributed by atoms with van der Waals surface area (Å²) in [6, 6.07) is 9.52. The monoisotopic (exact) mass is 302 g/mol. The Hall–Kier alpha value is -1.39. The van der Waals surface area contributed by atoms with Gasteiger partial charge < -0.3 is 4.90 Å². The second-order valence-corrected chi connectivity index (χ2v) is 6.50. The quantitative estimate of drug-likeness (QED) is 0.811. The molecule has 110 valence electrons. The van der Waals surface area contributed by atoms with Gasteiger partial charge in [-0.2, -0.15) is 0 Å². The minimum Gasteiger partial charge on any atom is -0.353 e. The van der Waals surface area contributed by atoms with Crippen molar-refractivity contribution in [2.24, 2.45) is 0 Å². The summed E-state index contributed by atoms with van der Waals surface area (Å²) in [5.41, 5.74) is 0. The Balaban J connectivity index is 1.75. The number of hydrogen-bond donors (Lipinski definition) is 0. The molecular formula is C16H19ClN4. The molecule has 4 rings (SSSR count). The standard InChI is InChI=1S/C16H19ClN4/c1-20-11-6-7-12(20)10-21(9-8-11)16-14-5-3-2-4-13(14)15(17)18-19-16/h2-5,11-12H,6-10H2,1H3. The van der Waals surface area contributed by atoms with Gasteiger partial charge >= 0.3 is 0 Å². The number of benzene rings is 1. The van der Waals surface area contributed by atoms with E-state index in [1.165, 1.54) is 19.3 Å². The molecule has 5 heteroatoms. The lowest BCUT2D eigenvalue weighted by Gasteiger charge is -2.27. The number of halogens is 1. The fraction of sp³-hybridized carbons (Fsp3) is 0.500. The van der Waals surface area contributed by atoms with Gasteiger partial charge in [0, 0.05) is 35.9 Å². The lowest BCUT2D eigenvalue weighted by Crippen LogP contribution is -2.37. The number of anilines is 1. The zero-order chi connectivity index (χ0) is 14.4. The first-order valence-corrected chi connectivity index (χ1v) is 7.99. The van der Waals surface area contributed by atoms with E-state index < -0.39 is 0 Å². The topological polar surface area (TPSA) is 32.3 Å². The van der Waals surface area contributed by atoms with Crippen LogP contribution in [0.5, 0.6) is 0 Å². The molecule has 1 aromatic carbocycles. The van der Waals surface area contributed by atoms with Crippen molar-refractivity contribution in [1.82, 2.24) is 15.1 Å². The molecule has 1 aromatic heterocycles. The molecule has 0 spiro atoms. The first kappa shape index (κ1) is 13.3. The van der Waals surface area contributed by atoms with Crippen molar-refractivity contribution < 1.29 is 0 Å². The molecule has 21 heavy (non-hydrogen) atoms. The Morgan fingerprint density at radius 2 is 1.81 bits per heavy atom. The molecule has 2 aliphatic rings. The molecule has 0 aliphatic carbocycles. The summed E-state index contributed by atoms with van der Waals surface area (Å²) < 4.78 is 0. The number of aromatic nitrogens is 2. The van der Waals surface area contributed by atoms with Crippen LogP contribution in [-0.2, 0) is 0 Å². The Morgan fingerprint density at radius 1 is 1.05 bits per heavy atom. The molecule has 2 saturated heterocycles. The van der Waals surface area contributed by atoms with Gasteiger partial charge in [-0.15, -0.1) is 10.2 Å². The minimum absolute atomic E-state index is 0.489. The molecule has 4 nitrogen and oxygen atoms in total. The van der Waals surface area contributed by atoms with Gasteiger partial charge in [0.05, 0.1) is 0 Å². The Morgan fingerprint density at radius 3 is 2.67 bits per heavy atom. The average molecular weight is 303 g/mol.